The van der Waals surface area contributed by atoms with Crippen molar-refractivity contribution in [2.24, 2.45) is 0 Å². The van der Waals surface area contributed by atoms with Crippen molar-refractivity contribution in [3.8, 4) is 0 Å². The van der Waals surface area contributed by atoms with Crippen LogP contribution >= 0.6 is 0 Å². The summed E-state index contributed by atoms with van der Waals surface area (Å²) in [7, 11) is 0. The van der Waals surface area contributed by atoms with E-state index >= 15 is 0 Å². The standard InChI is InChI=1S/C17H20N6O/c1-12-10-16(23(20-12)13-6-2-3-7-13)18-17(24)11-22-15-9-5-4-8-14(15)19-21-22/h4-5,8-10,13H,2-3,6-7,11H2,1H3,(H,18,24). The molecular formula is C17H20N6O. The third kappa shape index (κ3) is 2.77. The molecule has 0 radical (unpaired) electrons. The number of hydrogen-bond acceptors (Lipinski definition) is 4. The first-order valence-corrected chi connectivity index (χ1v) is 8.35. The largest absolute Gasteiger partial charge is 0.309 e. The molecule has 0 saturated heterocycles. The van der Waals surface area contributed by atoms with Crippen molar-refractivity contribution < 1.29 is 4.79 Å². The van der Waals surface area contributed by atoms with Crippen LogP contribution in [0.15, 0.2) is 30.3 Å². The molecule has 0 aliphatic heterocycles. The number of nitrogens with zero attached hydrogens (tertiary/aromatic N) is 5. The lowest BCUT2D eigenvalue weighted by Crippen LogP contribution is -2.22. The summed E-state index contributed by atoms with van der Waals surface area (Å²) >= 11 is 0. The molecule has 124 valence electrons. The first-order valence-electron chi connectivity index (χ1n) is 8.35. The van der Waals surface area contributed by atoms with Gasteiger partial charge in [-0.1, -0.05) is 30.2 Å². The molecule has 1 aromatic carbocycles. The monoisotopic (exact) mass is 324 g/mol. The van der Waals surface area contributed by atoms with E-state index in [2.05, 4.69) is 20.7 Å². The molecule has 1 amide bonds. The number of nitrogens with one attached hydrogen (secondary N) is 1. The van der Waals surface area contributed by atoms with E-state index in [-0.39, 0.29) is 12.5 Å². The number of amides is 1. The molecule has 7 nitrogen and oxygen atoms in total. The van der Waals surface area contributed by atoms with E-state index in [0.29, 0.717) is 6.04 Å². The minimum Gasteiger partial charge on any atom is -0.309 e. The van der Waals surface area contributed by atoms with Crippen molar-refractivity contribution in [2.45, 2.75) is 45.2 Å². The zero-order valence-corrected chi connectivity index (χ0v) is 13.6. The molecule has 1 aliphatic carbocycles. The second kappa shape index (κ2) is 6.07. The van der Waals surface area contributed by atoms with Gasteiger partial charge in [0.05, 0.1) is 17.3 Å². The smallest absolute Gasteiger partial charge is 0.247 e. The van der Waals surface area contributed by atoms with Crippen molar-refractivity contribution >= 4 is 22.8 Å². The highest BCUT2D eigenvalue weighted by atomic mass is 16.2. The number of benzene rings is 1. The molecule has 3 aromatic rings. The van der Waals surface area contributed by atoms with Gasteiger partial charge in [-0.05, 0) is 31.9 Å². The highest BCUT2D eigenvalue weighted by Gasteiger charge is 2.21. The summed E-state index contributed by atoms with van der Waals surface area (Å²) in [6.45, 7) is 2.08. The van der Waals surface area contributed by atoms with Crippen LogP contribution in [0.1, 0.15) is 37.4 Å². The first-order chi connectivity index (χ1) is 11.7. The summed E-state index contributed by atoms with van der Waals surface area (Å²) in [6, 6.07) is 9.94. The summed E-state index contributed by atoms with van der Waals surface area (Å²) in [5.74, 6) is 0.652. The summed E-state index contributed by atoms with van der Waals surface area (Å²) in [5, 5.41) is 15.7. The van der Waals surface area contributed by atoms with E-state index in [0.717, 1.165) is 35.4 Å². The highest BCUT2D eigenvalue weighted by molar-refractivity contribution is 5.90. The van der Waals surface area contributed by atoms with Crippen LogP contribution in [-0.2, 0) is 11.3 Å². The Morgan fingerprint density at radius 3 is 2.92 bits per heavy atom. The minimum atomic E-state index is -0.121. The molecule has 0 atom stereocenters. The van der Waals surface area contributed by atoms with Crippen LogP contribution in [-0.4, -0.2) is 30.7 Å². The average molecular weight is 324 g/mol. The van der Waals surface area contributed by atoms with Crippen LogP contribution < -0.4 is 5.32 Å². The predicted octanol–water partition coefficient (Wildman–Crippen LogP) is 2.69. The van der Waals surface area contributed by atoms with Gasteiger partial charge in [0.1, 0.15) is 17.9 Å². The second-order valence-corrected chi connectivity index (χ2v) is 6.34. The number of anilines is 1. The number of hydrogen-bond donors (Lipinski definition) is 1. The third-order valence-corrected chi connectivity index (χ3v) is 4.51. The zero-order valence-electron chi connectivity index (χ0n) is 13.6. The van der Waals surface area contributed by atoms with Crippen molar-refractivity contribution in [3.05, 3.63) is 36.0 Å². The quantitative estimate of drug-likeness (QED) is 0.800. The fourth-order valence-corrected chi connectivity index (χ4v) is 3.39. The van der Waals surface area contributed by atoms with E-state index in [4.69, 9.17) is 0 Å². The van der Waals surface area contributed by atoms with Crippen molar-refractivity contribution in [2.75, 3.05) is 5.32 Å². The Morgan fingerprint density at radius 1 is 1.29 bits per heavy atom. The van der Waals surface area contributed by atoms with E-state index in [9.17, 15) is 4.79 Å². The first kappa shape index (κ1) is 14.9. The summed E-state index contributed by atoms with van der Waals surface area (Å²) in [5.41, 5.74) is 2.56. The fourth-order valence-electron chi connectivity index (χ4n) is 3.39. The van der Waals surface area contributed by atoms with E-state index in [1.807, 2.05) is 41.9 Å². The Hall–Kier alpha value is -2.70. The molecule has 24 heavy (non-hydrogen) atoms. The molecule has 2 aromatic heterocycles. The molecule has 0 spiro atoms. The predicted molar refractivity (Wildman–Crippen MR) is 90.6 cm³/mol. The van der Waals surface area contributed by atoms with Crippen molar-refractivity contribution in [3.63, 3.8) is 0 Å². The van der Waals surface area contributed by atoms with Crippen LogP contribution in [0.3, 0.4) is 0 Å². The summed E-state index contributed by atoms with van der Waals surface area (Å²) < 4.78 is 3.59. The number of aryl methyl sites for hydroxylation is 1. The Balaban J connectivity index is 1.52. The molecule has 1 fully saturated rings. The van der Waals surface area contributed by atoms with Gasteiger partial charge in [0.15, 0.2) is 0 Å². The van der Waals surface area contributed by atoms with Crippen LogP contribution in [0.2, 0.25) is 0 Å². The Morgan fingerprint density at radius 2 is 2.08 bits per heavy atom. The third-order valence-electron chi connectivity index (χ3n) is 4.51. The number of para-hydroxylation sites is 1. The molecule has 1 aliphatic rings. The number of aromatic nitrogens is 5. The Bertz CT molecular complexity index is 874. The van der Waals surface area contributed by atoms with E-state index in [1.54, 1.807) is 4.68 Å². The lowest BCUT2D eigenvalue weighted by Gasteiger charge is -2.14. The zero-order chi connectivity index (χ0) is 16.5. The van der Waals surface area contributed by atoms with E-state index in [1.165, 1.54) is 12.8 Å². The Labute approximate surface area is 139 Å². The number of rotatable bonds is 4. The normalized spacial score (nSPS) is 15.2. The van der Waals surface area contributed by atoms with Gasteiger partial charge in [-0.2, -0.15) is 5.10 Å². The number of carbonyl (C=O) groups is 1. The SMILES string of the molecule is Cc1cc(NC(=O)Cn2nnc3ccccc32)n(C2CCCC2)n1. The number of fused-ring (bicyclic) bond motifs is 1. The van der Waals surface area contributed by atoms with Crippen LogP contribution in [0.25, 0.3) is 11.0 Å². The van der Waals surface area contributed by atoms with Crippen molar-refractivity contribution in [1.82, 2.24) is 24.8 Å². The van der Waals surface area contributed by atoms with Crippen LogP contribution in [0.4, 0.5) is 5.82 Å². The minimum absolute atomic E-state index is 0.121. The lowest BCUT2D eigenvalue weighted by atomic mass is 10.2. The molecule has 2 heterocycles. The van der Waals surface area contributed by atoms with Gasteiger partial charge >= 0.3 is 0 Å². The maximum absolute atomic E-state index is 12.5. The number of carbonyl (C=O) groups excluding carboxylic acids is 1. The molecule has 4 rings (SSSR count). The molecule has 0 bridgehead atoms. The maximum Gasteiger partial charge on any atom is 0.247 e. The Kier molecular flexibility index (Phi) is 3.76. The fraction of sp³-hybridized carbons (Fsp3) is 0.412. The molecule has 7 heteroatoms. The maximum atomic E-state index is 12.5. The van der Waals surface area contributed by atoms with Gasteiger partial charge < -0.3 is 5.32 Å². The molecule has 0 unspecified atom stereocenters. The lowest BCUT2D eigenvalue weighted by molar-refractivity contribution is -0.116. The van der Waals surface area contributed by atoms with Gasteiger partial charge in [-0.25, -0.2) is 9.36 Å². The second-order valence-electron chi connectivity index (χ2n) is 6.34. The van der Waals surface area contributed by atoms with Crippen LogP contribution in [0.5, 0.6) is 0 Å². The van der Waals surface area contributed by atoms with Crippen LogP contribution in [0, 0.1) is 6.92 Å². The summed E-state index contributed by atoms with van der Waals surface area (Å²) in [4.78, 5) is 12.5. The van der Waals surface area contributed by atoms with Gasteiger partial charge in [-0.3, -0.25) is 4.79 Å². The molecule has 1 N–H and O–H groups in total. The molecular weight excluding hydrogens is 304 g/mol. The van der Waals surface area contributed by atoms with Gasteiger partial charge in [0.25, 0.3) is 0 Å². The van der Waals surface area contributed by atoms with Crippen molar-refractivity contribution in [1.29, 1.82) is 0 Å². The topological polar surface area (TPSA) is 77.6 Å². The summed E-state index contributed by atoms with van der Waals surface area (Å²) in [6.07, 6.45) is 4.69. The molecule has 1 saturated carbocycles. The highest BCUT2D eigenvalue weighted by Crippen LogP contribution is 2.31. The van der Waals surface area contributed by atoms with Gasteiger partial charge in [-0.15, -0.1) is 5.10 Å². The van der Waals surface area contributed by atoms with Gasteiger partial charge in [0, 0.05) is 6.07 Å². The van der Waals surface area contributed by atoms with Gasteiger partial charge in [0.2, 0.25) is 5.91 Å². The average Bonchev–Trinajstić information content (AvgIpc) is 3.28. The van der Waals surface area contributed by atoms with E-state index < -0.39 is 0 Å².